The second-order valence-corrected chi connectivity index (χ2v) is 5.69. The van der Waals surface area contributed by atoms with Crippen LogP contribution in [0.15, 0.2) is 36.5 Å². The predicted octanol–water partition coefficient (Wildman–Crippen LogP) is -0.0652. The summed E-state index contributed by atoms with van der Waals surface area (Å²) in [6, 6.07) is 0. The van der Waals surface area contributed by atoms with Crippen molar-refractivity contribution in [3.05, 3.63) is 36.5 Å². The van der Waals surface area contributed by atoms with Gasteiger partial charge in [0.1, 0.15) is 19.8 Å². The van der Waals surface area contributed by atoms with E-state index in [1.165, 1.54) is 0 Å². The van der Waals surface area contributed by atoms with Gasteiger partial charge in [-0.25, -0.2) is 28.8 Å². The van der Waals surface area contributed by atoms with Gasteiger partial charge in [0.2, 0.25) is 0 Å². The first kappa shape index (κ1) is 26.0. The van der Waals surface area contributed by atoms with Gasteiger partial charge in [-0.2, -0.15) is 0 Å². The molecule has 0 rings (SSSR count). The number of aliphatic carboxylic acids is 3. The largest absolute Gasteiger partial charge is 0.478 e. The number of carbonyl (C=O) groups is 6. The molecule has 0 heterocycles. The van der Waals surface area contributed by atoms with E-state index >= 15 is 0 Å². The molecule has 0 atom stereocenters. The Morgan fingerprint density at radius 1 is 0.600 bits per heavy atom. The Balaban J connectivity index is 5.25. The zero-order valence-electron chi connectivity index (χ0n) is 15.8. The fourth-order valence-electron chi connectivity index (χ4n) is 1.67. The highest BCUT2D eigenvalue weighted by Gasteiger charge is 2.33. The maximum absolute atomic E-state index is 11.6. The van der Waals surface area contributed by atoms with Gasteiger partial charge in [-0.1, -0.05) is 6.92 Å². The van der Waals surface area contributed by atoms with Gasteiger partial charge in [0.15, 0.2) is 0 Å². The van der Waals surface area contributed by atoms with Crippen molar-refractivity contribution in [2.24, 2.45) is 5.41 Å². The van der Waals surface area contributed by atoms with E-state index in [1.807, 2.05) is 0 Å². The van der Waals surface area contributed by atoms with Crippen molar-refractivity contribution < 1.29 is 58.3 Å². The van der Waals surface area contributed by atoms with Crippen molar-refractivity contribution in [3.8, 4) is 0 Å². The van der Waals surface area contributed by atoms with Crippen molar-refractivity contribution in [2.75, 3.05) is 19.8 Å². The molecular weight excluding hydrogens is 408 g/mol. The molecule has 30 heavy (non-hydrogen) atoms. The fourth-order valence-corrected chi connectivity index (χ4v) is 1.67. The summed E-state index contributed by atoms with van der Waals surface area (Å²) < 4.78 is 14.7. The average Bonchev–Trinajstić information content (AvgIpc) is 2.68. The van der Waals surface area contributed by atoms with E-state index in [9.17, 15) is 28.8 Å². The van der Waals surface area contributed by atoms with Crippen molar-refractivity contribution >= 4 is 35.8 Å². The van der Waals surface area contributed by atoms with Crippen LogP contribution in [0.2, 0.25) is 0 Å². The van der Waals surface area contributed by atoms with Gasteiger partial charge in [0.05, 0.1) is 5.41 Å². The van der Waals surface area contributed by atoms with Crippen LogP contribution < -0.4 is 0 Å². The summed E-state index contributed by atoms with van der Waals surface area (Å²) in [5.41, 5.74) is -1.27. The first-order valence-electron chi connectivity index (χ1n) is 8.23. The minimum absolute atomic E-state index is 0.134. The molecule has 3 N–H and O–H groups in total. The molecule has 0 bridgehead atoms. The van der Waals surface area contributed by atoms with Crippen LogP contribution in [-0.2, 0) is 43.0 Å². The van der Waals surface area contributed by atoms with Crippen LogP contribution >= 0.6 is 0 Å². The minimum Gasteiger partial charge on any atom is -0.478 e. The highest BCUT2D eigenvalue weighted by atomic mass is 16.6. The Morgan fingerprint density at radius 3 is 1.07 bits per heavy atom. The minimum atomic E-state index is -1.38. The number of ether oxygens (including phenoxy) is 3. The third-order valence-electron chi connectivity index (χ3n) is 3.40. The van der Waals surface area contributed by atoms with Crippen LogP contribution in [0.4, 0.5) is 0 Å². The number of carbonyl (C=O) groups excluding carboxylic acids is 3. The molecule has 0 saturated heterocycles. The molecule has 0 spiro atoms. The summed E-state index contributed by atoms with van der Waals surface area (Å²) in [6.07, 6.45) is 3.70. The molecule has 0 radical (unpaired) electrons. The molecule has 0 aliphatic heterocycles. The molecular formula is C18H20O12. The molecule has 0 fully saturated rings. The average molecular weight is 428 g/mol. The number of carboxylic acids is 3. The van der Waals surface area contributed by atoms with Gasteiger partial charge in [-0.3, -0.25) is 0 Å². The Morgan fingerprint density at radius 2 is 0.867 bits per heavy atom. The second-order valence-electron chi connectivity index (χ2n) is 5.69. The SMILES string of the molecule is CCC(COC(=O)/C=C\C(=O)O)(COC(=O)/C=C\C(=O)O)COC(=O)/C=C\C(=O)O. The molecule has 12 nitrogen and oxygen atoms in total. The van der Waals surface area contributed by atoms with Crippen molar-refractivity contribution in [1.29, 1.82) is 0 Å². The topological polar surface area (TPSA) is 191 Å². The van der Waals surface area contributed by atoms with E-state index in [4.69, 9.17) is 29.5 Å². The summed E-state index contributed by atoms with van der Waals surface area (Å²) in [5.74, 6) is -7.22. The smallest absolute Gasteiger partial charge is 0.331 e. The lowest BCUT2D eigenvalue weighted by Gasteiger charge is -2.30. The summed E-state index contributed by atoms with van der Waals surface area (Å²) in [7, 11) is 0. The van der Waals surface area contributed by atoms with Crippen molar-refractivity contribution in [1.82, 2.24) is 0 Å². The Labute approximate surface area is 170 Å². The third-order valence-corrected chi connectivity index (χ3v) is 3.40. The van der Waals surface area contributed by atoms with E-state index in [2.05, 4.69) is 0 Å². The van der Waals surface area contributed by atoms with E-state index in [0.29, 0.717) is 36.5 Å². The number of hydrogen-bond donors (Lipinski definition) is 3. The highest BCUT2D eigenvalue weighted by molar-refractivity contribution is 5.92. The van der Waals surface area contributed by atoms with Gasteiger partial charge >= 0.3 is 35.8 Å². The lowest BCUT2D eigenvalue weighted by molar-refractivity contribution is -0.156. The molecule has 164 valence electrons. The Hall–Kier alpha value is -3.96. The van der Waals surface area contributed by atoms with Crippen LogP contribution in [0.1, 0.15) is 13.3 Å². The maximum Gasteiger partial charge on any atom is 0.331 e. The molecule has 0 aromatic rings. The summed E-state index contributed by atoms with van der Waals surface area (Å²) in [5, 5.41) is 25.5. The maximum atomic E-state index is 11.6. The van der Waals surface area contributed by atoms with Crippen LogP contribution in [0.5, 0.6) is 0 Å². The number of hydrogen-bond acceptors (Lipinski definition) is 9. The van der Waals surface area contributed by atoms with Gasteiger partial charge < -0.3 is 29.5 Å². The van der Waals surface area contributed by atoms with E-state index < -0.39 is 61.1 Å². The third kappa shape index (κ3) is 12.4. The Bertz CT molecular complexity index is 661. The van der Waals surface area contributed by atoms with Crippen LogP contribution in [-0.4, -0.2) is 71.0 Å². The molecule has 0 aliphatic carbocycles. The fraction of sp³-hybridized carbons (Fsp3) is 0.333. The van der Waals surface area contributed by atoms with Gasteiger partial charge in [0, 0.05) is 36.5 Å². The molecule has 0 amide bonds. The van der Waals surface area contributed by atoms with Crippen molar-refractivity contribution in [2.45, 2.75) is 13.3 Å². The number of rotatable bonds is 13. The second kappa shape index (κ2) is 13.3. The molecule has 0 aromatic carbocycles. The summed E-state index contributed by atoms with van der Waals surface area (Å²) in [6.45, 7) is 0.206. The van der Waals surface area contributed by atoms with Crippen LogP contribution in [0.25, 0.3) is 0 Å². The van der Waals surface area contributed by atoms with Crippen LogP contribution in [0, 0.1) is 5.41 Å². The van der Waals surface area contributed by atoms with Crippen molar-refractivity contribution in [3.63, 3.8) is 0 Å². The highest BCUT2D eigenvalue weighted by Crippen LogP contribution is 2.24. The monoisotopic (exact) mass is 428 g/mol. The molecule has 0 aromatic heterocycles. The predicted molar refractivity (Wildman–Crippen MR) is 95.9 cm³/mol. The van der Waals surface area contributed by atoms with Gasteiger partial charge in [-0.05, 0) is 6.42 Å². The zero-order chi connectivity index (χ0) is 23.2. The van der Waals surface area contributed by atoms with E-state index in [1.54, 1.807) is 6.92 Å². The zero-order valence-corrected chi connectivity index (χ0v) is 15.8. The van der Waals surface area contributed by atoms with E-state index in [-0.39, 0.29) is 6.42 Å². The first-order chi connectivity index (χ1) is 14.0. The molecule has 12 heteroatoms. The van der Waals surface area contributed by atoms with Crippen LogP contribution in [0.3, 0.4) is 0 Å². The lowest BCUT2D eigenvalue weighted by Crippen LogP contribution is -2.38. The standard InChI is InChI=1S/C18H20O12/c1-2-18(9-28-15(25)6-3-12(19)20,10-29-16(26)7-4-13(21)22)11-30-17(27)8-5-14(23)24/h3-8H,2,9-11H2,1H3,(H,19,20)(H,21,22)(H,23,24)/b6-3-,7-4-,8-5-. The number of esters is 3. The Kier molecular flexibility index (Phi) is 11.5. The van der Waals surface area contributed by atoms with Gasteiger partial charge in [0.25, 0.3) is 0 Å². The molecule has 0 unspecified atom stereocenters. The quantitative estimate of drug-likeness (QED) is 0.201. The first-order valence-corrected chi connectivity index (χ1v) is 8.23. The normalized spacial score (nSPS) is 11.5. The molecule has 0 aliphatic rings. The lowest BCUT2D eigenvalue weighted by atomic mass is 9.88. The van der Waals surface area contributed by atoms with Gasteiger partial charge in [-0.15, -0.1) is 0 Å². The molecule has 0 saturated carbocycles. The summed E-state index contributed by atoms with van der Waals surface area (Å²) >= 11 is 0. The number of carboxylic acid groups (broad SMARTS) is 3. The summed E-state index contributed by atoms with van der Waals surface area (Å²) in [4.78, 5) is 66.1. The van der Waals surface area contributed by atoms with E-state index in [0.717, 1.165) is 0 Å².